The van der Waals surface area contributed by atoms with Gasteiger partial charge in [-0.25, -0.2) is 15.0 Å². The molecule has 6 aromatic rings. The zero-order valence-electron chi connectivity index (χ0n) is 65.8. The van der Waals surface area contributed by atoms with Gasteiger partial charge in [-0.1, -0.05) is 174 Å². The van der Waals surface area contributed by atoms with Crippen molar-refractivity contribution in [3.63, 3.8) is 0 Å². The topological polar surface area (TPSA) is 318 Å². The van der Waals surface area contributed by atoms with Crippen LogP contribution in [0.3, 0.4) is 0 Å². The Labute approximate surface area is 655 Å². The second-order valence-electron chi connectivity index (χ2n) is 33.0. The monoisotopic (exact) mass is 1550 g/mol. The molecule has 592 valence electrons. The number of aliphatic hydroxyl groups is 3. The highest BCUT2D eigenvalue weighted by atomic mass is 32.1. The molecule has 3 aromatic heterocycles. The molecule has 11 rings (SSSR count). The summed E-state index contributed by atoms with van der Waals surface area (Å²) in [6.45, 7) is 27.3. The molecule has 8 amide bonds. The number of nitrogens with zero attached hydrogens (tertiary/aromatic N) is 6. The molecule has 3 saturated heterocycles. The van der Waals surface area contributed by atoms with Crippen molar-refractivity contribution in [2.75, 3.05) is 26.2 Å². The van der Waals surface area contributed by atoms with E-state index in [0.29, 0.717) is 31.5 Å². The van der Waals surface area contributed by atoms with Crippen LogP contribution in [0, 0.1) is 55.3 Å². The molecule has 3 aromatic carbocycles. The number of likely N-dealkylation sites (tertiary alicyclic amines) is 3. The van der Waals surface area contributed by atoms with Gasteiger partial charge < -0.3 is 61.9 Å². The van der Waals surface area contributed by atoms with Crippen molar-refractivity contribution in [2.24, 2.45) is 34.5 Å². The second kappa shape index (κ2) is 38.9. The lowest BCUT2D eigenvalue weighted by Gasteiger charge is -2.36. The van der Waals surface area contributed by atoms with E-state index in [-0.39, 0.29) is 104 Å². The minimum Gasteiger partial charge on any atom is -0.391 e. The zero-order chi connectivity index (χ0) is 79.0. The van der Waals surface area contributed by atoms with E-state index in [1.807, 2.05) is 152 Å². The lowest BCUT2D eigenvalue weighted by atomic mass is 9.83. The quantitative estimate of drug-likeness (QED) is 0.0272. The molecule has 0 spiro atoms. The van der Waals surface area contributed by atoms with Gasteiger partial charge in [0.15, 0.2) is 0 Å². The second-order valence-corrected chi connectivity index (χ2v) is 35.6. The summed E-state index contributed by atoms with van der Waals surface area (Å²) in [5, 5.41) is 49.3. The molecule has 26 heteroatoms. The highest BCUT2D eigenvalue weighted by Gasteiger charge is 2.48. The van der Waals surface area contributed by atoms with E-state index >= 15 is 0 Å². The van der Waals surface area contributed by atoms with E-state index < -0.39 is 59.4 Å². The van der Waals surface area contributed by atoms with Crippen molar-refractivity contribution in [3.8, 4) is 31.3 Å². The fourth-order valence-corrected chi connectivity index (χ4v) is 17.3. The highest BCUT2D eigenvalue weighted by Crippen LogP contribution is 2.35. The van der Waals surface area contributed by atoms with E-state index in [9.17, 15) is 53.7 Å². The zero-order valence-corrected chi connectivity index (χ0v) is 68.3. The van der Waals surface area contributed by atoms with Crippen LogP contribution in [-0.2, 0) is 58.0 Å². The first-order valence-corrected chi connectivity index (χ1v) is 41.5. The Morgan fingerprint density at radius 2 is 0.807 bits per heavy atom. The third-order valence-corrected chi connectivity index (χ3v) is 24.3. The maximum absolute atomic E-state index is 13.7. The Bertz CT molecular complexity index is 4020. The molecular formula is C83H116N12O11S3. The van der Waals surface area contributed by atoms with Crippen molar-refractivity contribution in [1.82, 2.24) is 61.6 Å². The van der Waals surface area contributed by atoms with Gasteiger partial charge in [0.05, 0.1) is 72.6 Å². The fourth-order valence-electron chi connectivity index (χ4n) is 14.9. The van der Waals surface area contributed by atoms with Gasteiger partial charge in [-0.05, 0) is 115 Å². The average Bonchev–Trinajstić information content (AvgIpc) is 1.71. The summed E-state index contributed by atoms with van der Waals surface area (Å²) in [6, 6.07) is 19.9. The minimum atomic E-state index is -0.805. The number of carbonyl (C=O) groups is 8. The third kappa shape index (κ3) is 23.1. The van der Waals surface area contributed by atoms with Gasteiger partial charge >= 0.3 is 0 Å². The summed E-state index contributed by atoms with van der Waals surface area (Å²) in [4.78, 5) is 127. The molecule has 9 atom stereocenters. The van der Waals surface area contributed by atoms with Crippen LogP contribution in [0.15, 0.2) is 89.3 Å². The highest BCUT2D eigenvalue weighted by molar-refractivity contribution is 7.14. The molecule has 23 nitrogen and oxygen atoms in total. The van der Waals surface area contributed by atoms with Crippen molar-refractivity contribution in [1.29, 1.82) is 0 Å². The number of aryl methyl sites for hydroxylation is 3. The SMILES string of the molecule is Cc1ncsc1-c1ccc(CNC(=O)[C@@H]2C[C@@H](O)CN2C(=O)[C@@H](NC(=O)C(C)C)C(C)(C)C)cc1.Cc1ncsc1-c1ccc(CNC(=O)[C@@H]2C[C@@H](O)CN2C(=O)[C@@H](NC(=O)C2CCCCC2)C(C)(C)C)cc1.Cc1ncsc1-c1ccc(CNC(=O)[C@@H]2C[C@@H](O)CN2C(=O)[C@@H](NCCC(C)C)C2CCCC2)cc1. The molecule has 0 unspecified atom stereocenters. The Kier molecular flexibility index (Phi) is 30.4. The maximum atomic E-state index is 13.7. The molecule has 6 heterocycles. The number of thiazole rings is 3. The molecule has 2 aliphatic carbocycles. The van der Waals surface area contributed by atoms with E-state index in [1.54, 1.807) is 52.8 Å². The fraction of sp³-hybridized carbons (Fsp3) is 0.578. The summed E-state index contributed by atoms with van der Waals surface area (Å²) in [5.74, 6) is -1.33. The Morgan fingerprint density at radius 1 is 0.468 bits per heavy atom. The van der Waals surface area contributed by atoms with Gasteiger partial charge in [-0.15, -0.1) is 34.0 Å². The van der Waals surface area contributed by atoms with Gasteiger partial charge in [0.1, 0.15) is 30.2 Å². The number of hydrogen-bond acceptors (Lipinski definition) is 18. The summed E-state index contributed by atoms with van der Waals surface area (Å²) in [5.41, 5.74) is 13.5. The number of aromatic nitrogens is 3. The lowest BCUT2D eigenvalue weighted by molar-refractivity contribution is -0.144. The van der Waals surface area contributed by atoms with Crippen molar-refractivity contribution >= 4 is 81.3 Å². The molecule has 3 aliphatic heterocycles. The van der Waals surface area contributed by atoms with E-state index in [0.717, 1.165) is 136 Å². The number of aliphatic hydroxyl groups excluding tert-OH is 3. The van der Waals surface area contributed by atoms with Crippen molar-refractivity contribution in [2.45, 2.75) is 248 Å². The molecule has 0 radical (unpaired) electrons. The summed E-state index contributed by atoms with van der Waals surface area (Å²) >= 11 is 4.80. The molecule has 2 saturated carbocycles. The first-order valence-electron chi connectivity index (χ1n) is 38.9. The Morgan fingerprint density at radius 3 is 1.13 bits per heavy atom. The normalized spacial score (nSPS) is 20.6. The molecule has 9 N–H and O–H groups in total. The summed E-state index contributed by atoms with van der Waals surface area (Å²) in [7, 11) is 0. The summed E-state index contributed by atoms with van der Waals surface area (Å²) < 4.78 is 0. The van der Waals surface area contributed by atoms with Crippen molar-refractivity contribution < 1.29 is 53.7 Å². The van der Waals surface area contributed by atoms with Gasteiger partial charge in [0, 0.05) is 70.4 Å². The number of carbonyl (C=O) groups excluding carboxylic acids is 8. The van der Waals surface area contributed by atoms with Gasteiger partial charge in [-0.3, -0.25) is 38.4 Å². The maximum Gasteiger partial charge on any atom is 0.246 e. The van der Waals surface area contributed by atoms with Gasteiger partial charge in [-0.2, -0.15) is 0 Å². The van der Waals surface area contributed by atoms with Crippen LogP contribution in [0.4, 0.5) is 0 Å². The minimum absolute atomic E-state index is 0.0355. The predicted octanol–water partition coefficient (Wildman–Crippen LogP) is 10.6. The number of nitrogens with one attached hydrogen (secondary N) is 6. The number of amides is 8. The van der Waals surface area contributed by atoms with E-state index in [1.165, 1.54) is 9.80 Å². The number of hydrogen-bond donors (Lipinski definition) is 9. The van der Waals surface area contributed by atoms with E-state index in [4.69, 9.17) is 0 Å². The van der Waals surface area contributed by atoms with Crippen LogP contribution in [0.1, 0.15) is 186 Å². The van der Waals surface area contributed by atoms with Crippen LogP contribution in [0.5, 0.6) is 0 Å². The summed E-state index contributed by atoms with van der Waals surface area (Å²) in [6.07, 6.45) is 8.62. The standard InChI is InChI=1S/C29H40N4O4S.C28H40N4O3S.C26H36N4O4S/c1-18-24(38-17-31-18)20-12-10-19(11-13-20)15-30-27(36)23-14-22(34)16-33(23)28(37)25(29(2,3)4)32-26(35)21-8-6-5-7-9-21;1-18(2)12-13-29-25(21-6-4-5-7-21)28(35)32-16-23(33)14-24(32)27(34)30-15-20-8-10-22(11-9-20)26-19(3)31-17-36-26;1-15(2)23(32)29-22(26(4,5)6)25(34)30-13-19(31)11-20(30)24(33)27-12-17-7-9-18(10-8-17)21-16(3)28-14-35-21/h10-13,17,21-23,25,34H,5-9,14-16H2,1-4H3,(H,30,36)(H,32,35);8-11,17-18,21,23-25,29,33H,4-7,12-16H2,1-3H3,(H,30,34);7-10,14-15,19-20,22,31H,11-13H2,1-6H3,(H,27,33)(H,29,32)/t22-,23+,25-;23-,24+,25+;19-,20+,22-/m111/s1. The molecular weight excluding hydrogens is 1440 g/mol. The number of benzene rings is 3. The largest absolute Gasteiger partial charge is 0.391 e. The van der Waals surface area contributed by atoms with Crippen LogP contribution < -0.4 is 31.9 Å². The van der Waals surface area contributed by atoms with Gasteiger partial charge in [0.2, 0.25) is 47.3 Å². The number of rotatable bonds is 24. The van der Waals surface area contributed by atoms with E-state index in [2.05, 4.69) is 60.7 Å². The molecule has 0 bridgehead atoms. The molecule has 5 aliphatic rings. The third-order valence-electron chi connectivity index (χ3n) is 21.4. The average molecular weight is 1550 g/mol. The molecule has 5 fully saturated rings. The van der Waals surface area contributed by atoms with Crippen molar-refractivity contribution in [3.05, 3.63) is 123 Å². The van der Waals surface area contributed by atoms with Crippen LogP contribution in [0.25, 0.3) is 31.3 Å². The molecule has 109 heavy (non-hydrogen) atoms. The Balaban J connectivity index is 0.000000189. The smallest absolute Gasteiger partial charge is 0.246 e. The Hall–Kier alpha value is -7.85. The van der Waals surface area contributed by atoms with Gasteiger partial charge in [0.25, 0.3) is 0 Å². The first-order chi connectivity index (χ1) is 51.7. The van der Waals surface area contributed by atoms with Crippen LogP contribution in [0.2, 0.25) is 0 Å². The van der Waals surface area contributed by atoms with Crippen LogP contribution in [-0.4, -0.2) is 173 Å². The number of β-amino-alcohol motifs (C(OH)–C–C–N with tert-alkyl or cyclic N) is 3. The predicted molar refractivity (Wildman–Crippen MR) is 428 cm³/mol. The first kappa shape index (κ1) is 85.2. The lowest BCUT2D eigenvalue weighted by Crippen LogP contribution is -2.58. The van der Waals surface area contributed by atoms with Crippen LogP contribution >= 0.6 is 34.0 Å².